The van der Waals surface area contributed by atoms with Crippen LogP contribution in [0.1, 0.15) is 35.7 Å². The predicted molar refractivity (Wildman–Crippen MR) is 79.3 cm³/mol. The van der Waals surface area contributed by atoms with E-state index in [0.717, 1.165) is 17.1 Å². The Balaban J connectivity index is 1.84. The number of carbonyl (C=O) groups is 1. The number of aliphatic hydroxyl groups excluding tert-OH is 1. The van der Waals surface area contributed by atoms with Crippen molar-refractivity contribution in [2.75, 3.05) is 0 Å². The number of rotatable bonds is 6. The van der Waals surface area contributed by atoms with Crippen molar-refractivity contribution in [3.8, 4) is 0 Å². The monoisotopic (exact) mass is 308 g/mol. The molecule has 1 heterocycles. The molecular weight excluding hydrogens is 291 g/mol. The van der Waals surface area contributed by atoms with Crippen molar-refractivity contribution < 1.29 is 14.3 Å². The summed E-state index contributed by atoms with van der Waals surface area (Å²) in [6, 6.07) is 5.62. The Hall–Kier alpha value is -1.79. The maximum atomic E-state index is 13.1. The van der Waals surface area contributed by atoms with E-state index in [-0.39, 0.29) is 12.3 Å². The summed E-state index contributed by atoms with van der Waals surface area (Å²) < 4.78 is 13.1. The highest BCUT2D eigenvalue weighted by atomic mass is 32.1. The number of aryl methyl sites for hydroxylation is 1. The van der Waals surface area contributed by atoms with Crippen LogP contribution in [0.5, 0.6) is 0 Å². The SMILES string of the molecule is CCc1nc(CNC(=O)CC(O)c2cccc(F)c2)cs1. The largest absolute Gasteiger partial charge is 0.388 e. The zero-order chi connectivity index (χ0) is 15.2. The predicted octanol–water partition coefficient (Wildman–Crippen LogP) is 2.58. The van der Waals surface area contributed by atoms with Crippen molar-refractivity contribution in [2.24, 2.45) is 0 Å². The van der Waals surface area contributed by atoms with Gasteiger partial charge in [0.25, 0.3) is 0 Å². The molecule has 1 aromatic heterocycles. The van der Waals surface area contributed by atoms with Gasteiger partial charge in [-0.1, -0.05) is 19.1 Å². The number of hydrogen-bond donors (Lipinski definition) is 2. The van der Waals surface area contributed by atoms with E-state index in [9.17, 15) is 14.3 Å². The lowest BCUT2D eigenvalue weighted by atomic mass is 10.1. The smallest absolute Gasteiger partial charge is 0.223 e. The lowest BCUT2D eigenvalue weighted by Gasteiger charge is -2.11. The topological polar surface area (TPSA) is 62.2 Å². The minimum atomic E-state index is -1.01. The first-order chi connectivity index (χ1) is 10.1. The van der Waals surface area contributed by atoms with Crippen molar-refractivity contribution in [2.45, 2.75) is 32.4 Å². The Bertz CT molecular complexity index is 615. The van der Waals surface area contributed by atoms with Crippen molar-refractivity contribution in [3.63, 3.8) is 0 Å². The molecule has 2 rings (SSSR count). The second-order valence-corrected chi connectivity index (χ2v) is 5.58. The van der Waals surface area contributed by atoms with Crippen LogP contribution in [0.4, 0.5) is 4.39 Å². The van der Waals surface area contributed by atoms with Gasteiger partial charge in [0.15, 0.2) is 0 Å². The molecule has 112 valence electrons. The van der Waals surface area contributed by atoms with Gasteiger partial charge in [-0.25, -0.2) is 9.37 Å². The average Bonchev–Trinajstić information content (AvgIpc) is 2.93. The molecule has 2 N–H and O–H groups in total. The van der Waals surface area contributed by atoms with Crippen molar-refractivity contribution in [1.82, 2.24) is 10.3 Å². The Morgan fingerprint density at radius 2 is 2.33 bits per heavy atom. The Kier molecular flexibility index (Phi) is 5.41. The molecule has 1 unspecified atom stereocenters. The van der Waals surface area contributed by atoms with E-state index in [0.29, 0.717) is 12.1 Å². The van der Waals surface area contributed by atoms with Gasteiger partial charge < -0.3 is 10.4 Å². The fraction of sp³-hybridized carbons (Fsp3) is 0.333. The van der Waals surface area contributed by atoms with Crippen molar-refractivity contribution in [1.29, 1.82) is 0 Å². The summed E-state index contributed by atoms with van der Waals surface area (Å²) in [5.41, 5.74) is 1.21. The highest BCUT2D eigenvalue weighted by Gasteiger charge is 2.13. The van der Waals surface area contributed by atoms with Gasteiger partial charge in [-0.2, -0.15) is 0 Å². The number of benzene rings is 1. The van der Waals surface area contributed by atoms with Gasteiger partial charge in [0.05, 0.1) is 29.8 Å². The highest BCUT2D eigenvalue weighted by Crippen LogP contribution is 2.17. The molecule has 21 heavy (non-hydrogen) atoms. The molecule has 0 saturated heterocycles. The van der Waals surface area contributed by atoms with E-state index in [1.165, 1.54) is 18.2 Å². The van der Waals surface area contributed by atoms with Crippen molar-refractivity contribution in [3.05, 3.63) is 51.7 Å². The number of carbonyl (C=O) groups excluding carboxylic acids is 1. The fourth-order valence-corrected chi connectivity index (χ4v) is 2.61. The second kappa shape index (κ2) is 7.28. The third kappa shape index (κ3) is 4.61. The summed E-state index contributed by atoms with van der Waals surface area (Å²) in [4.78, 5) is 16.1. The summed E-state index contributed by atoms with van der Waals surface area (Å²) in [6.45, 7) is 2.36. The van der Waals surface area contributed by atoms with Crippen LogP contribution in [0.3, 0.4) is 0 Å². The first kappa shape index (κ1) is 15.6. The fourth-order valence-electron chi connectivity index (χ4n) is 1.86. The molecule has 0 spiro atoms. The lowest BCUT2D eigenvalue weighted by Crippen LogP contribution is -2.24. The molecule has 0 aliphatic rings. The van der Waals surface area contributed by atoms with Gasteiger partial charge >= 0.3 is 0 Å². The molecule has 1 atom stereocenters. The Labute approximate surface area is 126 Å². The lowest BCUT2D eigenvalue weighted by molar-refractivity contribution is -0.123. The maximum absolute atomic E-state index is 13.1. The Morgan fingerprint density at radius 3 is 3.00 bits per heavy atom. The number of thiazole rings is 1. The summed E-state index contributed by atoms with van der Waals surface area (Å²) >= 11 is 1.56. The minimum Gasteiger partial charge on any atom is -0.388 e. The van der Waals surface area contributed by atoms with E-state index >= 15 is 0 Å². The maximum Gasteiger partial charge on any atom is 0.223 e. The summed E-state index contributed by atoms with van der Waals surface area (Å²) in [6.07, 6.45) is -0.243. The number of amides is 1. The van der Waals surface area contributed by atoms with Gasteiger partial charge in [0.1, 0.15) is 5.82 Å². The van der Waals surface area contributed by atoms with Crippen LogP contribution in [0, 0.1) is 5.82 Å². The van der Waals surface area contributed by atoms with Gasteiger partial charge in [-0.05, 0) is 24.1 Å². The molecule has 0 saturated carbocycles. The number of aromatic nitrogens is 1. The van der Waals surface area contributed by atoms with E-state index in [2.05, 4.69) is 10.3 Å². The normalized spacial score (nSPS) is 12.1. The van der Waals surface area contributed by atoms with E-state index in [1.54, 1.807) is 17.4 Å². The zero-order valence-corrected chi connectivity index (χ0v) is 12.5. The number of hydrogen-bond acceptors (Lipinski definition) is 4. The van der Waals surface area contributed by atoms with Crippen LogP contribution >= 0.6 is 11.3 Å². The molecule has 0 fully saturated rings. The third-order valence-electron chi connectivity index (χ3n) is 2.98. The molecule has 2 aromatic rings. The van der Waals surface area contributed by atoms with Crippen LogP contribution < -0.4 is 5.32 Å². The average molecular weight is 308 g/mol. The van der Waals surface area contributed by atoms with Crippen LogP contribution in [0.2, 0.25) is 0 Å². The minimum absolute atomic E-state index is 0.103. The molecule has 1 amide bonds. The molecule has 4 nitrogen and oxygen atoms in total. The van der Waals surface area contributed by atoms with Crippen LogP contribution in [-0.2, 0) is 17.8 Å². The summed E-state index contributed by atoms with van der Waals surface area (Å²) in [5.74, 6) is -0.723. The molecule has 0 aliphatic heterocycles. The van der Waals surface area contributed by atoms with E-state index in [4.69, 9.17) is 0 Å². The molecule has 0 aliphatic carbocycles. The molecule has 1 aromatic carbocycles. The quantitative estimate of drug-likeness (QED) is 0.862. The zero-order valence-electron chi connectivity index (χ0n) is 11.7. The van der Waals surface area contributed by atoms with E-state index < -0.39 is 11.9 Å². The number of aliphatic hydroxyl groups is 1. The van der Waals surface area contributed by atoms with E-state index in [1.807, 2.05) is 12.3 Å². The van der Waals surface area contributed by atoms with Gasteiger partial charge in [-0.15, -0.1) is 11.3 Å². The second-order valence-electron chi connectivity index (χ2n) is 4.64. The Morgan fingerprint density at radius 1 is 1.52 bits per heavy atom. The number of nitrogens with one attached hydrogen (secondary N) is 1. The van der Waals surface area contributed by atoms with Crippen LogP contribution in [0.25, 0.3) is 0 Å². The van der Waals surface area contributed by atoms with Gasteiger partial charge in [0.2, 0.25) is 5.91 Å². The number of nitrogens with zero attached hydrogens (tertiary/aromatic N) is 1. The third-order valence-corrected chi connectivity index (χ3v) is 4.02. The standard InChI is InChI=1S/C15H17FN2O2S/c1-2-15-18-12(9-21-15)8-17-14(20)7-13(19)10-4-3-5-11(16)6-10/h3-6,9,13,19H,2,7-8H2,1H3,(H,17,20). The molecule has 6 heteroatoms. The van der Waals surface area contributed by atoms with Gasteiger partial charge in [-0.3, -0.25) is 4.79 Å². The first-order valence-electron chi connectivity index (χ1n) is 6.72. The van der Waals surface area contributed by atoms with Crippen LogP contribution in [-0.4, -0.2) is 16.0 Å². The molecular formula is C15H17FN2O2S. The summed E-state index contributed by atoms with van der Waals surface area (Å²) in [5, 5.41) is 15.5. The first-order valence-corrected chi connectivity index (χ1v) is 7.60. The van der Waals surface area contributed by atoms with Crippen LogP contribution in [0.15, 0.2) is 29.6 Å². The number of halogens is 1. The molecule has 0 bridgehead atoms. The van der Waals surface area contributed by atoms with Crippen molar-refractivity contribution >= 4 is 17.2 Å². The molecule has 0 radical (unpaired) electrons. The summed E-state index contributed by atoms with van der Waals surface area (Å²) in [7, 11) is 0. The van der Waals surface area contributed by atoms with Gasteiger partial charge in [0, 0.05) is 5.38 Å². The highest BCUT2D eigenvalue weighted by molar-refractivity contribution is 7.09.